The first-order valence-corrected chi connectivity index (χ1v) is 8.24. The molecule has 2 heteroatoms. The van der Waals surface area contributed by atoms with Gasteiger partial charge in [0, 0.05) is 16.3 Å². The summed E-state index contributed by atoms with van der Waals surface area (Å²) < 4.78 is 0. The van der Waals surface area contributed by atoms with E-state index in [1.54, 1.807) is 0 Å². The first kappa shape index (κ1) is 16.1. The van der Waals surface area contributed by atoms with E-state index in [-0.39, 0.29) is 5.41 Å². The monoisotopic (exact) mass is 299 g/mol. The van der Waals surface area contributed by atoms with Crippen molar-refractivity contribution in [2.24, 2.45) is 0 Å². The Labute approximate surface area is 133 Å². The zero-order valence-electron chi connectivity index (χ0n) is 13.7. The highest BCUT2D eigenvalue weighted by molar-refractivity contribution is 7.99. The van der Waals surface area contributed by atoms with Gasteiger partial charge in [0.1, 0.15) is 0 Å². The Morgan fingerprint density at radius 3 is 2.19 bits per heavy atom. The van der Waals surface area contributed by atoms with Gasteiger partial charge in [-0.1, -0.05) is 56.8 Å². The van der Waals surface area contributed by atoms with Gasteiger partial charge in [0.05, 0.1) is 0 Å². The number of benzene rings is 2. The van der Waals surface area contributed by atoms with Crippen LogP contribution in [0.3, 0.4) is 0 Å². The van der Waals surface area contributed by atoms with Crippen LogP contribution in [-0.2, 0) is 12.0 Å². The van der Waals surface area contributed by atoms with E-state index in [1.807, 2.05) is 18.8 Å². The minimum Gasteiger partial charge on any atom is -0.316 e. The lowest BCUT2D eigenvalue weighted by Crippen LogP contribution is -2.10. The van der Waals surface area contributed by atoms with Crippen LogP contribution in [0, 0.1) is 6.92 Å². The van der Waals surface area contributed by atoms with Crippen molar-refractivity contribution in [1.29, 1.82) is 0 Å². The fourth-order valence-electron chi connectivity index (χ4n) is 2.29. The van der Waals surface area contributed by atoms with E-state index >= 15 is 0 Å². The molecule has 0 atom stereocenters. The summed E-state index contributed by atoms with van der Waals surface area (Å²) >= 11 is 1.84. The van der Waals surface area contributed by atoms with E-state index in [0.717, 1.165) is 6.54 Å². The van der Waals surface area contributed by atoms with Crippen molar-refractivity contribution in [3.8, 4) is 0 Å². The highest BCUT2D eigenvalue weighted by atomic mass is 32.2. The first-order chi connectivity index (χ1) is 9.90. The van der Waals surface area contributed by atoms with Crippen LogP contribution in [0.4, 0.5) is 0 Å². The molecule has 0 aliphatic heterocycles. The third-order valence-electron chi connectivity index (χ3n) is 3.57. The average Bonchev–Trinajstić information content (AvgIpc) is 2.42. The lowest BCUT2D eigenvalue weighted by atomic mass is 9.87. The van der Waals surface area contributed by atoms with Crippen molar-refractivity contribution in [1.82, 2.24) is 5.32 Å². The maximum Gasteiger partial charge on any atom is 0.0202 e. The summed E-state index contributed by atoms with van der Waals surface area (Å²) in [6.45, 7) is 9.86. The number of nitrogens with one attached hydrogen (secondary N) is 1. The van der Waals surface area contributed by atoms with Gasteiger partial charge in [-0.05, 0) is 54.3 Å². The first-order valence-electron chi connectivity index (χ1n) is 7.42. The molecule has 0 aromatic heterocycles. The van der Waals surface area contributed by atoms with Gasteiger partial charge in [0.15, 0.2) is 0 Å². The van der Waals surface area contributed by atoms with Crippen LogP contribution >= 0.6 is 11.8 Å². The molecule has 0 saturated carbocycles. The van der Waals surface area contributed by atoms with Gasteiger partial charge < -0.3 is 5.32 Å². The van der Waals surface area contributed by atoms with Crippen molar-refractivity contribution in [2.75, 3.05) is 7.05 Å². The SMILES string of the molecule is CNCc1ccc(Sc2ccc(C(C)(C)C)cc2)c(C)c1. The summed E-state index contributed by atoms with van der Waals surface area (Å²) in [4.78, 5) is 2.63. The van der Waals surface area contributed by atoms with E-state index in [2.05, 4.69) is 75.5 Å². The third-order valence-corrected chi connectivity index (χ3v) is 4.75. The predicted molar refractivity (Wildman–Crippen MR) is 93.2 cm³/mol. The van der Waals surface area contributed by atoms with Gasteiger partial charge in [-0.2, -0.15) is 0 Å². The molecule has 0 unspecified atom stereocenters. The molecule has 2 rings (SSSR count). The van der Waals surface area contributed by atoms with Crippen molar-refractivity contribution in [3.05, 3.63) is 59.2 Å². The maximum atomic E-state index is 3.19. The maximum absolute atomic E-state index is 3.19. The van der Waals surface area contributed by atoms with Crippen molar-refractivity contribution in [2.45, 2.75) is 49.4 Å². The molecule has 0 amide bonds. The van der Waals surface area contributed by atoms with Gasteiger partial charge in [0.25, 0.3) is 0 Å². The van der Waals surface area contributed by atoms with E-state index < -0.39 is 0 Å². The molecule has 0 fully saturated rings. The fraction of sp³-hybridized carbons (Fsp3) is 0.368. The largest absolute Gasteiger partial charge is 0.316 e. The molecule has 0 bridgehead atoms. The van der Waals surface area contributed by atoms with Crippen molar-refractivity contribution >= 4 is 11.8 Å². The Hall–Kier alpha value is -1.25. The number of hydrogen-bond donors (Lipinski definition) is 1. The summed E-state index contributed by atoms with van der Waals surface area (Å²) in [7, 11) is 1.98. The molecule has 0 radical (unpaired) electrons. The smallest absolute Gasteiger partial charge is 0.0202 e. The fourth-order valence-corrected chi connectivity index (χ4v) is 3.17. The molecule has 112 valence electrons. The van der Waals surface area contributed by atoms with Gasteiger partial charge in [-0.15, -0.1) is 0 Å². The van der Waals surface area contributed by atoms with E-state index in [0.29, 0.717) is 0 Å². The van der Waals surface area contributed by atoms with Gasteiger partial charge in [-0.3, -0.25) is 0 Å². The van der Waals surface area contributed by atoms with Crippen molar-refractivity contribution < 1.29 is 0 Å². The van der Waals surface area contributed by atoms with E-state index in [9.17, 15) is 0 Å². The van der Waals surface area contributed by atoms with Crippen molar-refractivity contribution in [3.63, 3.8) is 0 Å². The lowest BCUT2D eigenvalue weighted by molar-refractivity contribution is 0.590. The highest BCUT2D eigenvalue weighted by Gasteiger charge is 2.13. The molecule has 2 aromatic rings. The van der Waals surface area contributed by atoms with Gasteiger partial charge >= 0.3 is 0 Å². The summed E-state index contributed by atoms with van der Waals surface area (Å²) in [5, 5.41) is 3.19. The molecule has 0 heterocycles. The van der Waals surface area contributed by atoms with Gasteiger partial charge in [0.2, 0.25) is 0 Å². The zero-order valence-corrected chi connectivity index (χ0v) is 14.5. The normalized spacial score (nSPS) is 11.7. The molecule has 0 saturated heterocycles. The van der Waals surface area contributed by atoms with Crippen LogP contribution in [0.15, 0.2) is 52.3 Å². The van der Waals surface area contributed by atoms with Crippen LogP contribution in [0.25, 0.3) is 0 Å². The second-order valence-electron chi connectivity index (χ2n) is 6.51. The zero-order chi connectivity index (χ0) is 15.5. The molecule has 0 aliphatic carbocycles. The quantitative estimate of drug-likeness (QED) is 0.836. The number of hydrogen-bond acceptors (Lipinski definition) is 2. The molecular weight excluding hydrogens is 274 g/mol. The Morgan fingerprint density at radius 2 is 1.67 bits per heavy atom. The molecule has 0 spiro atoms. The second kappa shape index (κ2) is 6.67. The number of rotatable bonds is 4. The predicted octanol–water partition coefficient (Wildman–Crippen LogP) is 5.16. The van der Waals surface area contributed by atoms with Crippen LogP contribution in [0.5, 0.6) is 0 Å². The highest BCUT2D eigenvalue weighted by Crippen LogP contribution is 2.32. The lowest BCUT2D eigenvalue weighted by Gasteiger charge is -2.19. The van der Waals surface area contributed by atoms with E-state index in [1.165, 1.54) is 26.5 Å². The molecular formula is C19H25NS. The van der Waals surface area contributed by atoms with Crippen LogP contribution in [0.2, 0.25) is 0 Å². The Morgan fingerprint density at radius 1 is 1.00 bits per heavy atom. The second-order valence-corrected chi connectivity index (χ2v) is 7.62. The molecule has 1 N–H and O–H groups in total. The Bertz CT molecular complexity index is 594. The average molecular weight is 299 g/mol. The topological polar surface area (TPSA) is 12.0 Å². The molecule has 2 aromatic carbocycles. The standard InChI is InChI=1S/C19H25NS/c1-14-12-15(13-20-5)6-11-18(14)21-17-9-7-16(8-10-17)19(2,3)4/h6-12,20H,13H2,1-5H3. The third kappa shape index (κ3) is 4.36. The summed E-state index contributed by atoms with van der Waals surface area (Å²) in [6.07, 6.45) is 0. The summed E-state index contributed by atoms with van der Waals surface area (Å²) in [5.41, 5.74) is 4.27. The van der Waals surface area contributed by atoms with E-state index in [4.69, 9.17) is 0 Å². The Balaban J connectivity index is 2.15. The van der Waals surface area contributed by atoms with Gasteiger partial charge in [-0.25, -0.2) is 0 Å². The summed E-state index contributed by atoms with van der Waals surface area (Å²) in [5.74, 6) is 0. The molecule has 21 heavy (non-hydrogen) atoms. The van der Waals surface area contributed by atoms with Crippen LogP contribution in [-0.4, -0.2) is 7.05 Å². The number of aryl methyl sites for hydroxylation is 1. The minimum absolute atomic E-state index is 0.216. The van der Waals surface area contributed by atoms with Crippen LogP contribution < -0.4 is 5.32 Å². The Kier molecular flexibility index (Phi) is 5.13. The van der Waals surface area contributed by atoms with Crippen LogP contribution in [0.1, 0.15) is 37.5 Å². The summed E-state index contributed by atoms with van der Waals surface area (Å²) in [6, 6.07) is 15.6. The molecule has 0 aliphatic rings. The minimum atomic E-state index is 0.216. The molecule has 1 nitrogen and oxygen atoms in total.